The van der Waals surface area contributed by atoms with Crippen molar-refractivity contribution in [2.75, 3.05) is 0 Å². The first kappa shape index (κ1) is 38.6. The van der Waals surface area contributed by atoms with Gasteiger partial charge < -0.3 is 37.2 Å². The molecule has 62 heavy (non-hydrogen) atoms. The molecule has 0 saturated carbocycles. The Morgan fingerprint density at radius 3 is 0.839 bits per heavy atom. The average Bonchev–Trinajstić information content (AvgIpc) is 4.10. The number of aryl methyl sites for hydroxylation is 4. The van der Waals surface area contributed by atoms with E-state index in [1.165, 1.54) is 0 Å². The van der Waals surface area contributed by atoms with E-state index in [0.29, 0.717) is 46.0 Å². The minimum Gasteiger partial charge on any atom is -0.499 e. The van der Waals surface area contributed by atoms with E-state index in [9.17, 15) is 0 Å². The van der Waals surface area contributed by atoms with Crippen LogP contribution in [0.3, 0.4) is 0 Å². The molecular formula is C46H28B2N8O4Pt2. The van der Waals surface area contributed by atoms with Gasteiger partial charge in [-0.1, -0.05) is 0 Å². The molecule has 8 heterocycles. The first-order valence-corrected chi connectivity index (χ1v) is 19.5. The van der Waals surface area contributed by atoms with Gasteiger partial charge in [0, 0.05) is 112 Å². The second-order valence-corrected chi connectivity index (χ2v) is 15.5. The Labute approximate surface area is 385 Å². The number of ether oxygens (including phenoxy) is 4. The van der Waals surface area contributed by atoms with Crippen molar-refractivity contribution in [3.8, 4) is 91.5 Å². The molecule has 0 unspecified atom stereocenters. The molecule has 0 radical (unpaired) electrons. The van der Waals surface area contributed by atoms with Crippen LogP contribution in [0.4, 0.5) is 0 Å². The predicted molar refractivity (Wildman–Crippen MR) is 226 cm³/mol. The number of fused-ring (bicyclic) bond motifs is 10. The van der Waals surface area contributed by atoms with Gasteiger partial charge in [-0.3, -0.25) is 19.9 Å². The number of nitrogens with zero attached hydrogens (tertiary/aromatic N) is 8. The molecule has 5 aromatic carbocycles. The van der Waals surface area contributed by atoms with Crippen molar-refractivity contribution < 1.29 is 61.1 Å². The van der Waals surface area contributed by atoms with Crippen LogP contribution in [-0.2, 0) is 70.3 Å². The van der Waals surface area contributed by atoms with Crippen LogP contribution in [0.2, 0.25) is 0 Å². The van der Waals surface area contributed by atoms with E-state index in [1.807, 2.05) is 120 Å². The summed E-state index contributed by atoms with van der Waals surface area (Å²) in [5.41, 5.74) is 8.12. The molecule has 13 rings (SSSR count). The van der Waals surface area contributed by atoms with Crippen molar-refractivity contribution in [2.45, 2.75) is 0 Å². The maximum atomic E-state index is 7.04. The molecule has 0 fully saturated rings. The topological polar surface area (TPSA) is 108 Å². The molecule has 0 saturated heterocycles. The zero-order valence-electron chi connectivity index (χ0n) is 33.2. The van der Waals surface area contributed by atoms with Crippen LogP contribution >= 0.6 is 0 Å². The van der Waals surface area contributed by atoms with Crippen molar-refractivity contribution in [2.24, 2.45) is 28.2 Å². The van der Waals surface area contributed by atoms with Crippen LogP contribution in [0.1, 0.15) is 0 Å². The first-order chi connectivity index (χ1) is 29.4. The standard InChI is InChI=1S/C46H28B2N8O4.2Pt/c1-53-17-13-49-43(53)25-5-9-33-29(21-25)47-30-22-26(44-50-14-18-54(44)2)6-10-34(30)58-40-37(47)39(57-33)41-38-42(40)60-36-12-8-28(46-52-16-20-56(46)4)24-32(36)48(38)31-23-27(7-11-35(31)59-41)45-51-15-19-55(45)3;;/h5-20H,1-4H3;;/q-4;2*+2. The van der Waals surface area contributed by atoms with E-state index >= 15 is 0 Å². The van der Waals surface area contributed by atoms with Gasteiger partial charge in [-0.25, -0.2) is 0 Å². The minimum absolute atomic E-state index is 0. The van der Waals surface area contributed by atoms with Gasteiger partial charge in [-0.2, -0.15) is 0 Å². The average molecular weight is 1170 g/mol. The van der Waals surface area contributed by atoms with Gasteiger partial charge in [0.05, 0.1) is 23.3 Å². The molecule has 4 aliphatic rings. The number of benzene rings is 5. The maximum Gasteiger partial charge on any atom is 2.00 e. The second-order valence-electron chi connectivity index (χ2n) is 15.5. The Balaban J connectivity index is 0.00000216. The Morgan fingerprint density at radius 2 is 0.629 bits per heavy atom. The largest absolute Gasteiger partial charge is 2.00 e. The Morgan fingerprint density at radius 1 is 0.387 bits per heavy atom. The minimum atomic E-state index is -0.437. The number of rotatable bonds is 4. The van der Waals surface area contributed by atoms with Crippen LogP contribution in [0.15, 0.2) is 98.1 Å². The van der Waals surface area contributed by atoms with Crippen molar-refractivity contribution >= 4 is 46.2 Å². The van der Waals surface area contributed by atoms with Crippen molar-refractivity contribution in [3.63, 3.8) is 0 Å². The summed E-state index contributed by atoms with van der Waals surface area (Å²) in [4.78, 5) is 18.6. The Kier molecular flexibility index (Phi) is 8.76. The van der Waals surface area contributed by atoms with Crippen LogP contribution < -0.4 is 51.7 Å². The molecule has 4 aliphatic heterocycles. The summed E-state index contributed by atoms with van der Waals surface area (Å²) in [5, 5.41) is 0. The molecule has 0 N–H and O–H groups in total. The first-order valence-electron chi connectivity index (χ1n) is 19.5. The third kappa shape index (κ3) is 5.42. The van der Waals surface area contributed by atoms with Gasteiger partial charge in [-0.15, -0.1) is 117 Å². The molecule has 0 aliphatic carbocycles. The molecule has 4 aromatic heterocycles. The molecule has 0 spiro atoms. The summed E-state index contributed by atoms with van der Waals surface area (Å²) < 4.78 is 36.1. The summed E-state index contributed by atoms with van der Waals surface area (Å²) >= 11 is 0. The molecule has 0 atom stereocenters. The summed E-state index contributed by atoms with van der Waals surface area (Å²) in [6.07, 6.45) is 14.8. The Hall–Kier alpha value is -6.35. The molecule has 302 valence electrons. The van der Waals surface area contributed by atoms with Crippen LogP contribution in [0.25, 0.3) is 45.6 Å². The molecule has 0 amide bonds. The van der Waals surface area contributed by atoms with Crippen LogP contribution in [0, 0.1) is 24.3 Å². The third-order valence-electron chi connectivity index (χ3n) is 12.0. The summed E-state index contributed by atoms with van der Waals surface area (Å²) in [5.74, 6) is 7.85. The van der Waals surface area contributed by atoms with Crippen molar-refractivity contribution in [3.05, 3.63) is 122 Å². The number of hydrogen-bond acceptors (Lipinski definition) is 8. The number of aromatic nitrogens is 8. The zero-order valence-corrected chi connectivity index (χ0v) is 37.8. The van der Waals surface area contributed by atoms with Gasteiger partial charge in [0.2, 0.25) is 13.4 Å². The molecule has 0 bridgehead atoms. The number of imidazole rings is 4. The monoisotopic (exact) mass is 1170 g/mol. The van der Waals surface area contributed by atoms with E-state index in [2.05, 4.69) is 44.2 Å². The van der Waals surface area contributed by atoms with E-state index in [0.717, 1.165) is 78.3 Å². The maximum absolute atomic E-state index is 7.04. The fourth-order valence-corrected chi connectivity index (χ4v) is 9.16. The predicted octanol–water partition coefficient (Wildman–Crippen LogP) is 3.94. The summed E-state index contributed by atoms with van der Waals surface area (Å²) in [6.45, 7) is -0.875. The second kappa shape index (κ2) is 14.1. The molecular weight excluding hydrogens is 1140 g/mol. The third-order valence-corrected chi connectivity index (χ3v) is 12.0. The van der Waals surface area contributed by atoms with Gasteiger partial charge in [0.15, 0.2) is 23.0 Å². The van der Waals surface area contributed by atoms with E-state index in [-0.39, 0.29) is 42.1 Å². The van der Waals surface area contributed by atoms with Gasteiger partial charge in [0.25, 0.3) is 0 Å². The molecule has 12 nitrogen and oxygen atoms in total. The zero-order chi connectivity index (χ0) is 40.0. The van der Waals surface area contributed by atoms with Gasteiger partial charge in [0.1, 0.15) is 0 Å². The number of hydrogen-bond donors (Lipinski definition) is 0. The van der Waals surface area contributed by atoms with Crippen molar-refractivity contribution in [1.82, 2.24) is 38.2 Å². The van der Waals surface area contributed by atoms with Crippen LogP contribution in [-0.4, -0.2) is 51.6 Å². The van der Waals surface area contributed by atoms with Gasteiger partial charge >= 0.3 is 42.1 Å². The van der Waals surface area contributed by atoms with Crippen LogP contribution in [0.5, 0.6) is 46.0 Å². The fourth-order valence-electron chi connectivity index (χ4n) is 9.16. The van der Waals surface area contributed by atoms with E-state index in [1.54, 1.807) is 24.8 Å². The molecule has 9 aromatic rings. The van der Waals surface area contributed by atoms with E-state index in [4.69, 9.17) is 18.9 Å². The van der Waals surface area contributed by atoms with E-state index < -0.39 is 13.4 Å². The quantitative estimate of drug-likeness (QED) is 0.193. The fraction of sp³-hybridized carbons (Fsp3) is 0.0870. The summed E-state index contributed by atoms with van der Waals surface area (Å²) in [6, 6.07) is 30.8. The van der Waals surface area contributed by atoms with Crippen molar-refractivity contribution in [1.29, 1.82) is 0 Å². The smallest absolute Gasteiger partial charge is 0.499 e. The SMILES string of the molecule is Cn1ccnc1-c1[c-]c2c(cc1)Oc1c3c4c(c5c1B2c1[c-]c(-c2nccn2C)ccc1O5)Oc1ccc(-c2nccn2C)[c-]c1B4c1[c-]c(-c2nccn2C)ccc1O3.[Pt+2].[Pt+2]. The normalized spacial score (nSPS) is 13.0. The molecule has 16 heteroatoms. The van der Waals surface area contributed by atoms with Gasteiger partial charge in [-0.05, 0) is 0 Å². The Bertz CT molecular complexity index is 2910. The summed E-state index contributed by atoms with van der Waals surface area (Å²) in [7, 11) is 7.89.